The summed E-state index contributed by atoms with van der Waals surface area (Å²) in [5.74, 6) is -1.38. The molecule has 0 radical (unpaired) electrons. The van der Waals surface area contributed by atoms with Crippen molar-refractivity contribution in [3.8, 4) is 0 Å². The largest absolute Gasteiger partial charge is 0.478 e. The van der Waals surface area contributed by atoms with E-state index in [1.165, 1.54) is 12.1 Å². The molecule has 0 aliphatic carbocycles. The first-order chi connectivity index (χ1) is 9.61. The maximum atomic E-state index is 14.2. The van der Waals surface area contributed by atoms with Crippen LogP contribution in [-0.2, 0) is 9.53 Å². The maximum absolute atomic E-state index is 14.2. The van der Waals surface area contributed by atoms with Crippen LogP contribution in [0, 0.1) is 5.82 Å². The average molecular weight is 279 g/mol. The van der Waals surface area contributed by atoms with E-state index in [0.29, 0.717) is 31.0 Å². The standard InChI is InChI=1S/C15H18FNO3/c1-2-12-10-20-8-7-17(12)14-5-3-11(9-13(14)16)4-6-15(18)19/h3-6,9,12H,2,7-8,10H2,1H3,(H,18,19)/b6-4+. The van der Waals surface area contributed by atoms with Crippen molar-refractivity contribution in [3.05, 3.63) is 35.7 Å². The van der Waals surface area contributed by atoms with Crippen molar-refractivity contribution in [2.45, 2.75) is 19.4 Å². The molecule has 0 amide bonds. The molecule has 108 valence electrons. The predicted molar refractivity (Wildman–Crippen MR) is 75.3 cm³/mol. The van der Waals surface area contributed by atoms with Gasteiger partial charge in [-0.3, -0.25) is 0 Å². The highest BCUT2D eigenvalue weighted by atomic mass is 19.1. The lowest BCUT2D eigenvalue weighted by molar-refractivity contribution is -0.131. The molecule has 5 heteroatoms. The van der Waals surface area contributed by atoms with Crippen LogP contribution in [0.25, 0.3) is 6.08 Å². The van der Waals surface area contributed by atoms with Gasteiger partial charge in [0.15, 0.2) is 0 Å². The molecular weight excluding hydrogens is 261 g/mol. The van der Waals surface area contributed by atoms with E-state index in [1.807, 2.05) is 11.8 Å². The zero-order chi connectivity index (χ0) is 14.5. The summed E-state index contributed by atoms with van der Waals surface area (Å²) in [6.45, 7) is 3.92. The smallest absolute Gasteiger partial charge is 0.328 e. The van der Waals surface area contributed by atoms with E-state index in [-0.39, 0.29) is 11.9 Å². The van der Waals surface area contributed by atoms with E-state index >= 15 is 0 Å². The summed E-state index contributed by atoms with van der Waals surface area (Å²) in [5, 5.41) is 8.57. The Labute approximate surface area is 117 Å². The molecule has 1 aliphatic heterocycles. The molecule has 1 unspecified atom stereocenters. The van der Waals surface area contributed by atoms with E-state index in [4.69, 9.17) is 9.84 Å². The van der Waals surface area contributed by atoms with Crippen LogP contribution in [0.3, 0.4) is 0 Å². The van der Waals surface area contributed by atoms with Crippen LogP contribution in [0.15, 0.2) is 24.3 Å². The highest BCUT2D eigenvalue weighted by molar-refractivity contribution is 5.85. The Kier molecular flexibility index (Phi) is 4.74. The number of aliphatic carboxylic acids is 1. The second-order valence-corrected chi connectivity index (χ2v) is 4.71. The molecule has 1 fully saturated rings. The molecule has 1 N–H and O–H groups in total. The fraction of sp³-hybridized carbons (Fsp3) is 0.400. The molecule has 0 saturated carbocycles. The Balaban J connectivity index is 2.22. The number of hydrogen-bond acceptors (Lipinski definition) is 3. The molecule has 0 aromatic heterocycles. The number of nitrogens with zero attached hydrogens (tertiary/aromatic N) is 1. The summed E-state index contributed by atoms with van der Waals surface area (Å²) in [7, 11) is 0. The Hall–Kier alpha value is -1.88. The summed E-state index contributed by atoms with van der Waals surface area (Å²) in [4.78, 5) is 12.5. The summed E-state index contributed by atoms with van der Waals surface area (Å²) in [6.07, 6.45) is 3.27. The number of benzene rings is 1. The number of hydrogen-bond donors (Lipinski definition) is 1. The van der Waals surface area contributed by atoms with Crippen molar-refractivity contribution in [3.63, 3.8) is 0 Å². The van der Waals surface area contributed by atoms with Gasteiger partial charge in [-0.2, -0.15) is 0 Å². The van der Waals surface area contributed by atoms with Gasteiger partial charge in [0.05, 0.1) is 24.9 Å². The third-order valence-corrected chi connectivity index (χ3v) is 3.40. The van der Waals surface area contributed by atoms with Crippen molar-refractivity contribution in [2.24, 2.45) is 0 Å². The second-order valence-electron chi connectivity index (χ2n) is 4.71. The van der Waals surface area contributed by atoms with Crippen molar-refractivity contribution < 1.29 is 19.0 Å². The summed E-state index contributed by atoms with van der Waals surface area (Å²) in [6, 6.07) is 4.96. The van der Waals surface area contributed by atoms with Gasteiger partial charge in [-0.15, -0.1) is 0 Å². The normalized spacial score (nSPS) is 19.5. The minimum absolute atomic E-state index is 0.179. The van der Waals surface area contributed by atoms with Crippen LogP contribution in [0.1, 0.15) is 18.9 Å². The zero-order valence-electron chi connectivity index (χ0n) is 11.4. The molecule has 4 nitrogen and oxygen atoms in total. The molecule has 1 saturated heterocycles. The number of carbonyl (C=O) groups is 1. The number of carboxylic acids is 1. The van der Waals surface area contributed by atoms with Crippen LogP contribution in [0.4, 0.5) is 10.1 Å². The molecule has 1 aromatic rings. The van der Waals surface area contributed by atoms with Crippen molar-refractivity contribution in [1.82, 2.24) is 0 Å². The van der Waals surface area contributed by atoms with Crippen LogP contribution in [0.2, 0.25) is 0 Å². The van der Waals surface area contributed by atoms with Crippen molar-refractivity contribution >= 4 is 17.7 Å². The first kappa shape index (κ1) is 14.5. The first-order valence-electron chi connectivity index (χ1n) is 6.66. The number of carboxylic acid groups (broad SMARTS) is 1. The van der Waals surface area contributed by atoms with Gasteiger partial charge in [0, 0.05) is 12.6 Å². The third-order valence-electron chi connectivity index (χ3n) is 3.40. The Bertz CT molecular complexity index is 516. The minimum atomic E-state index is -1.05. The molecule has 1 aromatic carbocycles. The number of ether oxygens (including phenoxy) is 1. The van der Waals surface area contributed by atoms with E-state index < -0.39 is 5.97 Å². The molecule has 2 rings (SSSR count). The van der Waals surface area contributed by atoms with E-state index in [0.717, 1.165) is 12.5 Å². The maximum Gasteiger partial charge on any atom is 0.328 e. The minimum Gasteiger partial charge on any atom is -0.478 e. The molecular formula is C15H18FNO3. The summed E-state index contributed by atoms with van der Waals surface area (Å²) in [5.41, 5.74) is 1.09. The average Bonchev–Trinajstić information content (AvgIpc) is 2.45. The third kappa shape index (κ3) is 3.36. The molecule has 0 bridgehead atoms. The quantitative estimate of drug-likeness (QED) is 0.860. The highest BCUT2D eigenvalue weighted by Crippen LogP contribution is 2.25. The number of rotatable bonds is 4. The topological polar surface area (TPSA) is 49.8 Å². The Morgan fingerprint density at radius 1 is 1.60 bits per heavy atom. The first-order valence-corrected chi connectivity index (χ1v) is 6.66. The lowest BCUT2D eigenvalue weighted by atomic mass is 10.1. The monoisotopic (exact) mass is 279 g/mol. The Morgan fingerprint density at radius 3 is 3.05 bits per heavy atom. The van der Waals surface area contributed by atoms with Gasteiger partial charge < -0.3 is 14.7 Å². The van der Waals surface area contributed by atoms with Gasteiger partial charge in [0.1, 0.15) is 5.82 Å². The molecule has 1 aliphatic rings. The van der Waals surface area contributed by atoms with Gasteiger partial charge in [-0.25, -0.2) is 9.18 Å². The summed E-state index contributed by atoms with van der Waals surface area (Å²) < 4.78 is 19.6. The van der Waals surface area contributed by atoms with Crippen molar-refractivity contribution in [1.29, 1.82) is 0 Å². The summed E-state index contributed by atoms with van der Waals surface area (Å²) >= 11 is 0. The highest BCUT2D eigenvalue weighted by Gasteiger charge is 2.23. The van der Waals surface area contributed by atoms with Gasteiger partial charge >= 0.3 is 5.97 Å². The van der Waals surface area contributed by atoms with Crippen molar-refractivity contribution in [2.75, 3.05) is 24.7 Å². The van der Waals surface area contributed by atoms with Crippen LogP contribution >= 0.6 is 0 Å². The Morgan fingerprint density at radius 2 is 2.40 bits per heavy atom. The fourth-order valence-electron chi connectivity index (χ4n) is 2.34. The van der Waals surface area contributed by atoms with E-state index in [2.05, 4.69) is 0 Å². The lowest BCUT2D eigenvalue weighted by Crippen LogP contribution is -2.45. The molecule has 1 heterocycles. The predicted octanol–water partition coefficient (Wildman–Crippen LogP) is 2.54. The number of morpholine rings is 1. The van der Waals surface area contributed by atoms with Gasteiger partial charge in [-0.1, -0.05) is 13.0 Å². The number of anilines is 1. The molecule has 1 atom stereocenters. The van der Waals surface area contributed by atoms with Gasteiger partial charge in [0.2, 0.25) is 0 Å². The van der Waals surface area contributed by atoms with E-state index in [9.17, 15) is 9.18 Å². The second kappa shape index (κ2) is 6.52. The zero-order valence-corrected chi connectivity index (χ0v) is 11.4. The van der Waals surface area contributed by atoms with Crippen LogP contribution in [-0.4, -0.2) is 36.9 Å². The molecule has 0 spiro atoms. The number of halogens is 1. The fourth-order valence-corrected chi connectivity index (χ4v) is 2.34. The van der Waals surface area contributed by atoms with Gasteiger partial charge in [0.25, 0.3) is 0 Å². The van der Waals surface area contributed by atoms with Crippen LogP contribution < -0.4 is 4.90 Å². The lowest BCUT2D eigenvalue weighted by Gasteiger charge is -2.37. The SMILES string of the molecule is CCC1COCCN1c1ccc(/C=C/C(=O)O)cc1F. The molecule has 20 heavy (non-hydrogen) atoms. The van der Waals surface area contributed by atoms with E-state index in [1.54, 1.807) is 12.1 Å². The van der Waals surface area contributed by atoms with Gasteiger partial charge in [-0.05, 0) is 30.2 Å². The van der Waals surface area contributed by atoms with Crippen LogP contribution in [0.5, 0.6) is 0 Å².